The number of amides is 2. The van der Waals surface area contributed by atoms with E-state index in [-0.39, 0.29) is 11.8 Å². The average Bonchev–Trinajstić information content (AvgIpc) is 2.95. The summed E-state index contributed by atoms with van der Waals surface area (Å²) in [6, 6.07) is 15.0. The Hall–Kier alpha value is -2.33. The van der Waals surface area contributed by atoms with Gasteiger partial charge in [0, 0.05) is 23.8 Å². The van der Waals surface area contributed by atoms with Gasteiger partial charge >= 0.3 is 0 Å². The first-order valence-corrected chi connectivity index (χ1v) is 8.32. The third kappa shape index (κ3) is 3.60. The minimum Gasteiger partial charge on any atom is -0.351 e. The lowest BCUT2D eigenvalue weighted by Crippen LogP contribution is -2.36. The minimum atomic E-state index is -0.620. The van der Waals surface area contributed by atoms with Gasteiger partial charge in [-0.2, -0.15) is 0 Å². The van der Waals surface area contributed by atoms with Crippen molar-refractivity contribution in [3.63, 3.8) is 0 Å². The van der Waals surface area contributed by atoms with Gasteiger partial charge in [-0.15, -0.1) is 0 Å². The maximum atomic E-state index is 12.5. The molecule has 0 bridgehead atoms. The molecule has 1 atom stereocenters. The molecule has 3 rings (SSSR count). The van der Waals surface area contributed by atoms with E-state index < -0.39 is 5.92 Å². The highest BCUT2D eigenvalue weighted by molar-refractivity contribution is 6.30. The molecule has 0 aromatic heterocycles. The Morgan fingerprint density at radius 1 is 1.25 bits per heavy atom. The summed E-state index contributed by atoms with van der Waals surface area (Å²) < 4.78 is 0. The molecule has 1 aliphatic rings. The summed E-state index contributed by atoms with van der Waals surface area (Å²) >= 11 is 5.88. The van der Waals surface area contributed by atoms with Crippen LogP contribution in [0.3, 0.4) is 0 Å². The van der Waals surface area contributed by atoms with E-state index in [2.05, 4.69) is 5.32 Å². The Morgan fingerprint density at radius 2 is 2.00 bits per heavy atom. The molecule has 0 spiro atoms. The third-order valence-electron chi connectivity index (χ3n) is 4.21. The lowest BCUT2D eigenvalue weighted by Gasteiger charge is -2.17. The zero-order valence-electron chi connectivity index (χ0n) is 13.5. The molecule has 2 amide bonds. The van der Waals surface area contributed by atoms with Crippen molar-refractivity contribution in [3.05, 3.63) is 64.7 Å². The van der Waals surface area contributed by atoms with Crippen molar-refractivity contribution in [2.24, 2.45) is 5.92 Å². The lowest BCUT2D eigenvalue weighted by atomic mass is 10.1. The number of hydrogen-bond donors (Lipinski definition) is 1. The van der Waals surface area contributed by atoms with Gasteiger partial charge in [0.05, 0.1) is 0 Å². The van der Waals surface area contributed by atoms with Crippen molar-refractivity contribution in [1.29, 1.82) is 0 Å². The van der Waals surface area contributed by atoms with Crippen LogP contribution in [0.2, 0.25) is 5.02 Å². The third-order valence-corrected chi connectivity index (χ3v) is 4.46. The molecule has 2 aromatic carbocycles. The quantitative estimate of drug-likeness (QED) is 0.866. The zero-order chi connectivity index (χ0) is 17.1. The van der Waals surface area contributed by atoms with E-state index in [1.807, 2.05) is 31.2 Å². The Morgan fingerprint density at radius 3 is 2.71 bits per heavy atom. The van der Waals surface area contributed by atoms with Crippen molar-refractivity contribution in [2.75, 3.05) is 11.4 Å². The van der Waals surface area contributed by atoms with Gasteiger partial charge in [0.25, 0.3) is 0 Å². The molecule has 0 radical (unpaired) electrons. The Balaban J connectivity index is 1.62. The molecular formula is C19H19ClN2O2. The molecule has 5 heteroatoms. The van der Waals surface area contributed by atoms with Gasteiger partial charge in [-0.05, 0) is 43.2 Å². The predicted molar refractivity (Wildman–Crippen MR) is 94.9 cm³/mol. The summed E-state index contributed by atoms with van der Waals surface area (Å²) in [6.45, 7) is 2.99. The molecule has 24 heavy (non-hydrogen) atoms. The van der Waals surface area contributed by atoms with Gasteiger partial charge in [0.2, 0.25) is 11.8 Å². The van der Waals surface area contributed by atoms with Crippen molar-refractivity contribution >= 4 is 29.1 Å². The number of nitrogens with one attached hydrogen (secondary N) is 1. The summed E-state index contributed by atoms with van der Waals surface area (Å²) in [7, 11) is 0. The number of halogens is 1. The number of hydrogen-bond acceptors (Lipinski definition) is 2. The van der Waals surface area contributed by atoms with Gasteiger partial charge in [-0.25, -0.2) is 0 Å². The highest BCUT2D eigenvalue weighted by atomic mass is 35.5. The second-order valence-corrected chi connectivity index (χ2v) is 6.45. The average molecular weight is 343 g/mol. The van der Waals surface area contributed by atoms with Crippen LogP contribution in [0.15, 0.2) is 48.5 Å². The van der Waals surface area contributed by atoms with E-state index in [9.17, 15) is 9.59 Å². The van der Waals surface area contributed by atoms with Crippen molar-refractivity contribution in [3.8, 4) is 0 Å². The van der Waals surface area contributed by atoms with Crippen molar-refractivity contribution < 1.29 is 9.59 Å². The van der Waals surface area contributed by atoms with Crippen LogP contribution < -0.4 is 10.2 Å². The maximum absolute atomic E-state index is 12.5. The van der Waals surface area contributed by atoms with Crippen LogP contribution >= 0.6 is 11.6 Å². The minimum absolute atomic E-state index is 0.154. The SMILES string of the molecule is Cc1cccc(CNC(=O)[C@@H]2CCN(c3ccc(Cl)cc3)C2=O)c1. The molecule has 4 nitrogen and oxygen atoms in total. The fraction of sp³-hybridized carbons (Fsp3) is 0.263. The highest BCUT2D eigenvalue weighted by Crippen LogP contribution is 2.26. The van der Waals surface area contributed by atoms with E-state index in [1.165, 1.54) is 0 Å². The molecule has 0 aliphatic carbocycles. The van der Waals surface area contributed by atoms with E-state index in [0.29, 0.717) is 24.5 Å². The number of aryl methyl sites for hydroxylation is 1. The molecule has 1 aliphatic heterocycles. The number of rotatable bonds is 4. The molecule has 124 valence electrons. The summed E-state index contributed by atoms with van der Waals surface area (Å²) in [5, 5.41) is 3.50. The van der Waals surface area contributed by atoms with Crippen molar-refractivity contribution in [1.82, 2.24) is 5.32 Å². The summed E-state index contributed by atoms with van der Waals surface area (Å²) in [4.78, 5) is 26.5. The maximum Gasteiger partial charge on any atom is 0.239 e. The van der Waals surface area contributed by atoms with Gasteiger partial charge in [-0.3, -0.25) is 9.59 Å². The Kier molecular flexibility index (Phi) is 4.86. The lowest BCUT2D eigenvalue weighted by molar-refractivity contribution is -0.132. The van der Waals surface area contributed by atoms with Crippen LogP contribution in [0.5, 0.6) is 0 Å². The van der Waals surface area contributed by atoms with E-state index >= 15 is 0 Å². The summed E-state index contributed by atoms with van der Waals surface area (Å²) in [6.07, 6.45) is 0.529. The summed E-state index contributed by atoms with van der Waals surface area (Å²) in [5.41, 5.74) is 2.95. The topological polar surface area (TPSA) is 49.4 Å². The van der Waals surface area contributed by atoms with Crippen LogP contribution in [0.25, 0.3) is 0 Å². The molecule has 1 saturated heterocycles. The molecule has 1 N–H and O–H groups in total. The molecule has 0 unspecified atom stereocenters. The Labute approximate surface area is 146 Å². The number of benzene rings is 2. The number of anilines is 1. The zero-order valence-corrected chi connectivity index (χ0v) is 14.2. The monoisotopic (exact) mass is 342 g/mol. The van der Waals surface area contributed by atoms with Crippen LogP contribution in [0, 0.1) is 12.8 Å². The van der Waals surface area contributed by atoms with Gasteiger partial charge < -0.3 is 10.2 Å². The molecule has 1 heterocycles. The first kappa shape index (κ1) is 16.5. The molecule has 0 saturated carbocycles. The smallest absolute Gasteiger partial charge is 0.239 e. The first-order valence-electron chi connectivity index (χ1n) is 7.95. The number of nitrogens with zero attached hydrogens (tertiary/aromatic N) is 1. The van der Waals surface area contributed by atoms with Crippen LogP contribution in [-0.2, 0) is 16.1 Å². The largest absolute Gasteiger partial charge is 0.351 e. The van der Waals surface area contributed by atoms with E-state index in [1.54, 1.807) is 29.2 Å². The fourth-order valence-electron chi connectivity index (χ4n) is 2.94. The van der Waals surface area contributed by atoms with Crippen LogP contribution in [-0.4, -0.2) is 18.4 Å². The number of carbonyl (C=O) groups excluding carboxylic acids is 2. The van der Waals surface area contributed by atoms with Crippen LogP contribution in [0.4, 0.5) is 5.69 Å². The van der Waals surface area contributed by atoms with Gasteiger partial charge in [0.1, 0.15) is 5.92 Å². The van der Waals surface area contributed by atoms with Gasteiger partial charge in [0.15, 0.2) is 0 Å². The second kappa shape index (κ2) is 7.05. The normalized spacial score (nSPS) is 17.2. The summed E-state index contributed by atoms with van der Waals surface area (Å²) in [5.74, 6) is -0.984. The first-order chi connectivity index (χ1) is 11.5. The second-order valence-electron chi connectivity index (χ2n) is 6.01. The fourth-order valence-corrected chi connectivity index (χ4v) is 3.06. The van der Waals surface area contributed by atoms with Crippen LogP contribution in [0.1, 0.15) is 17.5 Å². The van der Waals surface area contributed by atoms with Crippen molar-refractivity contribution in [2.45, 2.75) is 19.9 Å². The Bertz CT molecular complexity index is 758. The molecule has 2 aromatic rings. The molecular weight excluding hydrogens is 324 g/mol. The van der Waals surface area contributed by atoms with E-state index in [4.69, 9.17) is 11.6 Å². The highest BCUT2D eigenvalue weighted by Gasteiger charge is 2.37. The predicted octanol–water partition coefficient (Wildman–Crippen LogP) is 3.32. The van der Waals surface area contributed by atoms with E-state index in [0.717, 1.165) is 16.8 Å². The standard InChI is InChI=1S/C19H19ClN2O2/c1-13-3-2-4-14(11-13)12-21-18(23)17-9-10-22(19(17)24)16-7-5-15(20)6-8-16/h2-8,11,17H,9-10,12H2,1H3,(H,21,23)/t17-/m0/s1. The molecule has 1 fully saturated rings. The number of carbonyl (C=O) groups is 2. The van der Waals surface area contributed by atoms with Gasteiger partial charge in [-0.1, -0.05) is 41.4 Å².